The van der Waals surface area contributed by atoms with Crippen LogP contribution in [0.25, 0.3) is 11.1 Å². The van der Waals surface area contributed by atoms with E-state index in [1.165, 1.54) is 0 Å². The minimum Gasteiger partial charge on any atom is -0.307 e. The van der Waals surface area contributed by atoms with Crippen LogP contribution >= 0.6 is 0 Å². The highest BCUT2D eigenvalue weighted by Gasteiger charge is 2.36. The number of nitrogens with zero attached hydrogens (tertiary/aromatic N) is 1. The largest absolute Gasteiger partial charge is 0.307 e. The topological polar surface area (TPSA) is 54.5 Å². The maximum absolute atomic E-state index is 13.6. The Morgan fingerprint density at radius 2 is 1.35 bits per heavy atom. The second-order valence-corrected chi connectivity index (χ2v) is 10.6. The van der Waals surface area contributed by atoms with E-state index in [4.69, 9.17) is 0 Å². The molecule has 0 unspecified atom stereocenters. The molecule has 1 aliphatic heterocycles. The number of amides is 1. The van der Waals surface area contributed by atoms with Gasteiger partial charge in [0.25, 0.3) is 0 Å². The fourth-order valence-electron chi connectivity index (χ4n) is 4.56. The molecule has 1 aliphatic rings. The normalized spacial score (nSPS) is 15.7. The molecule has 0 bridgehead atoms. The molecule has 0 N–H and O–H groups in total. The lowest BCUT2D eigenvalue weighted by Crippen LogP contribution is -2.43. The maximum atomic E-state index is 13.6. The van der Waals surface area contributed by atoms with Gasteiger partial charge in [-0.15, -0.1) is 0 Å². The average molecular weight is 468 g/mol. The summed E-state index contributed by atoms with van der Waals surface area (Å²) in [6.07, 6.45) is 0.395. The zero-order chi connectivity index (χ0) is 23.5. The van der Waals surface area contributed by atoms with Gasteiger partial charge in [0.05, 0.1) is 23.1 Å². The first-order valence-corrected chi connectivity index (χ1v) is 13.0. The van der Waals surface area contributed by atoms with E-state index in [-0.39, 0.29) is 16.6 Å². The fourth-order valence-corrected chi connectivity index (χ4v) is 6.12. The number of fused-ring (bicyclic) bond motifs is 1. The van der Waals surface area contributed by atoms with Gasteiger partial charge in [0.2, 0.25) is 5.91 Å². The second kappa shape index (κ2) is 9.27. The zero-order valence-electron chi connectivity index (χ0n) is 18.7. The summed E-state index contributed by atoms with van der Waals surface area (Å²) in [6, 6.07) is 34.4. The van der Waals surface area contributed by atoms with E-state index in [1.54, 1.807) is 35.2 Å². The van der Waals surface area contributed by atoms with E-state index >= 15 is 0 Å². The quantitative estimate of drug-likeness (QED) is 0.375. The summed E-state index contributed by atoms with van der Waals surface area (Å²) in [7, 11) is -3.60. The number of hydrogen-bond donors (Lipinski definition) is 0. The van der Waals surface area contributed by atoms with E-state index in [0.29, 0.717) is 13.0 Å². The fraction of sp³-hybridized carbons (Fsp3) is 0.138. The van der Waals surface area contributed by atoms with Gasteiger partial charge in [0.15, 0.2) is 9.84 Å². The molecular formula is C29H25NO3S. The maximum Gasteiger partial charge on any atom is 0.231 e. The lowest BCUT2D eigenvalue weighted by Gasteiger charge is -2.34. The van der Waals surface area contributed by atoms with Crippen LogP contribution in [0, 0.1) is 5.92 Å². The Morgan fingerprint density at radius 3 is 2.03 bits per heavy atom. The van der Waals surface area contributed by atoms with Gasteiger partial charge in [-0.3, -0.25) is 4.79 Å². The van der Waals surface area contributed by atoms with E-state index < -0.39 is 15.8 Å². The molecule has 1 atom stereocenters. The van der Waals surface area contributed by atoms with Crippen LogP contribution in [0.3, 0.4) is 0 Å². The summed E-state index contributed by atoms with van der Waals surface area (Å²) in [5.41, 5.74) is 4.98. The lowest BCUT2D eigenvalue weighted by molar-refractivity contribution is -0.122. The first-order valence-electron chi connectivity index (χ1n) is 11.3. The van der Waals surface area contributed by atoms with Crippen LogP contribution in [-0.4, -0.2) is 20.1 Å². The molecule has 4 nitrogen and oxygen atoms in total. The van der Waals surface area contributed by atoms with Crippen LogP contribution in [0.5, 0.6) is 0 Å². The van der Waals surface area contributed by atoms with Crippen molar-refractivity contribution in [2.75, 3.05) is 10.7 Å². The van der Waals surface area contributed by atoms with Crippen molar-refractivity contribution >= 4 is 21.4 Å². The van der Waals surface area contributed by atoms with Gasteiger partial charge >= 0.3 is 0 Å². The third-order valence-corrected chi connectivity index (χ3v) is 8.10. The first-order chi connectivity index (χ1) is 16.5. The van der Waals surface area contributed by atoms with E-state index in [9.17, 15) is 13.2 Å². The predicted octanol–water partition coefficient (Wildman–Crippen LogP) is 5.53. The molecule has 170 valence electrons. The molecule has 34 heavy (non-hydrogen) atoms. The number of benzene rings is 4. The second-order valence-electron chi connectivity index (χ2n) is 8.62. The van der Waals surface area contributed by atoms with Crippen molar-refractivity contribution in [1.82, 2.24) is 0 Å². The smallest absolute Gasteiger partial charge is 0.231 e. The molecule has 1 amide bonds. The summed E-state index contributed by atoms with van der Waals surface area (Å²) in [6.45, 7) is 0.402. The zero-order valence-corrected chi connectivity index (χ0v) is 19.5. The number of sulfone groups is 1. The Kier molecular flexibility index (Phi) is 6.03. The molecule has 4 aromatic carbocycles. The number of carbonyl (C=O) groups is 1. The minimum atomic E-state index is -3.60. The van der Waals surface area contributed by atoms with Gasteiger partial charge in [-0.2, -0.15) is 0 Å². The molecule has 1 heterocycles. The van der Waals surface area contributed by atoms with Crippen molar-refractivity contribution in [3.8, 4) is 11.1 Å². The SMILES string of the molecule is O=C1[C@@H](CS(=O)(=O)c2ccccc2)Cc2cc(-c3ccccc3)ccc2N1Cc1ccccc1. The van der Waals surface area contributed by atoms with Crippen molar-refractivity contribution in [3.05, 3.63) is 120 Å². The van der Waals surface area contributed by atoms with Crippen LogP contribution in [0.1, 0.15) is 11.1 Å². The predicted molar refractivity (Wildman–Crippen MR) is 135 cm³/mol. The molecule has 5 rings (SSSR count). The molecule has 0 saturated heterocycles. The van der Waals surface area contributed by atoms with Crippen LogP contribution in [0.2, 0.25) is 0 Å². The molecule has 0 spiro atoms. The van der Waals surface area contributed by atoms with Crippen molar-refractivity contribution < 1.29 is 13.2 Å². The highest BCUT2D eigenvalue weighted by atomic mass is 32.2. The van der Waals surface area contributed by atoms with Gasteiger partial charge < -0.3 is 4.90 Å². The van der Waals surface area contributed by atoms with Crippen molar-refractivity contribution in [2.45, 2.75) is 17.9 Å². The monoisotopic (exact) mass is 467 g/mol. The number of hydrogen-bond acceptors (Lipinski definition) is 3. The van der Waals surface area contributed by atoms with Gasteiger partial charge in [-0.05, 0) is 52.9 Å². The molecule has 0 aromatic heterocycles. The Hall–Kier alpha value is -3.70. The van der Waals surface area contributed by atoms with Crippen molar-refractivity contribution in [1.29, 1.82) is 0 Å². The van der Waals surface area contributed by atoms with E-state index in [1.807, 2.05) is 60.7 Å². The molecule has 0 radical (unpaired) electrons. The van der Waals surface area contributed by atoms with Crippen LogP contribution in [-0.2, 0) is 27.6 Å². The summed E-state index contributed by atoms with van der Waals surface area (Å²) >= 11 is 0. The third kappa shape index (κ3) is 4.52. The molecular weight excluding hydrogens is 442 g/mol. The highest BCUT2D eigenvalue weighted by molar-refractivity contribution is 7.91. The van der Waals surface area contributed by atoms with E-state index in [0.717, 1.165) is 27.9 Å². The van der Waals surface area contributed by atoms with Crippen molar-refractivity contribution in [2.24, 2.45) is 5.92 Å². The van der Waals surface area contributed by atoms with Gasteiger partial charge in [-0.25, -0.2) is 8.42 Å². The molecule has 4 aromatic rings. The summed E-state index contributed by atoms with van der Waals surface area (Å²) in [5.74, 6) is -1.01. The van der Waals surface area contributed by atoms with Crippen LogP contribution < -0.4 is 4.90 Å². The van der Waals surface area contributed by atoms with Gasteiger partial charge in [-0.1, -0.05) is 84.9 Å². The standard InChI is InChI=1S/C29H25NO3S/c31-29-26(21-34(32,33)27-14-8-3-9-15-27)19-25-18-24(23-12-6-2-7-13-23)16-17-28(25)30(29)20-22-10-4-1-5-11-22/h1-18,26H,19-21H2/t26-/m1/s1. The average Bonchev–Trinajstić information content (AvgIpc) is 2.88. The Balaban J connectivity index is 1.53. The van der Waals surface area contributed by atoms with Crippen molar-refractivity contribution in [3.63, 3.8) is 0 Å². The van der Waals surface area contributed by atoms with Gasteiger partial charge in [0.1, 0.15) is 0 Å². The Labute approximate surface area is 200 Å². The van der Waals surface area contributed by atoms with Crippen LogP contribution in [0.4, 0.5) is 5.69 Å². The molecule has 5 heteroatoms. The Bertz CT molecular complexity index is 1400. The first kappa shape index (κ1) is 22.1. The summed E-state index contributed by atoms with van der Waals surface area (Å²) in [4.78, 5) is 15.6. The minimum absolute atomic E-state index is 0.150. The number of rotatable bonds is 6. The molecule has 0 saturated carbocycles. The number of anilines is 1. The molecule has 0 aliphatic carbocycles. The number of carbonyl (C=O) groups excluding carboxylic acids is 1. The lowest BCUT2D eigenvalue weighted by atomic mass is 9.90. The third-order valence-electron chi connectivity index (χ3n) is 6.27. The van der Waals surface area contributed by atoms with E-state index in [2.05, 4.69) is 18.2 Å². The van der Waals surface area contributed by atoms with Gasteiger partial charge in [0, 0.05) is 5.69 Å². The highest BCUT2D eigenvalue weighted by Crippen LogP contribution is 2.36. The molecule has 0 fully saturated rings. The Morgan fingerprint density at radius 1 is 0.735 bits per heavy atom. The summed E-state index contributed by atoms with van der Waals surface area (Å²) < 4.78 is 26.3. The summed E-state index contributed by atoms with van der Waals surface area (Å²) in [5, 5.41) is 0. The van der Waals surface area contributed by atoms with Crippen LogP contribution in [0.15, 0.2) is 114 Å².